The van der Waals surface area contributed by atoms with Crippen molar-refractivity contribution in [3.8, 4) is 0 Å². The van der Waals surface area contributed by atoms with Crippen molar-refractivity contribution in [1.29, 1.82) is 0 Å². The molecule has 3 atom stereocenters. The van der Waals surface area contributed by atoms with Crippen LogP contribution in [0.4, 0.5) is 0 Å². The van der Waals surface area contributed by atoms with Crippen LogP contribution in [0.5, 0.6) is 0 Å². The van der Waals surface area contributed by atoms with Crippen LogP contribution in [0, 0.1) is 0 Å². The first-order chi connectivity index (χ1) is 10.6. The number of hydrogen-bond donors (Lipinski definition) is 1. The van der Waals surface area contributed by atoms with E-state index in [1.54, 1.807) is 0 Å². The molecule has 132 valence electrons. The maximum absolute atomic E-state index is 11.8. The summed E-state index contributed by atoms with van der Waals surface area (Å²) in [5, 5.41) is 10.1. The maximum Gasteiger partial charge on any atom is 0.337 e. The summed E-state index contributed by atoms with van der Waals surface area (Å²) < 4.78 is 20.2. The molecular formula is C16H32O6. The van der Waals surface area contributed by atoms with Gasteiger partial charge in [0.2, 0.25) is 0 Å². The first kappa shape index (κ1) is 21.3. The van der Waals surface area contributed by atoms with Crippen molar-refractivity contribution in [2.45, 2.75) is 70.2 Å². The summed E-state index contributed by atoms with van der Waals surface area (Å²) in [5.41, 5.74) is 0. The van der Waals surface area contributed by atoms with Gasteiger partial charge in [-0.05, 0) is 6.42 Å². The zero-order chi connectivity index (χ0) is 16.8. The van der Waals surface area contributed by atoms with Gasteiger partial charge in [-0.2, -0.15) is 0 Å². The van der Waals surface area contributed by atoms with E-state index in [9.17, 15) is 9.90 Å². The Morgan fingerprint density at radius 3 is 2.32 bits per heavy atom. The third-order valence-corrected chi connectivity index (χ3v) is 3.58. The molecular weight excluding hydrogens is 288 g/mol. The fourth-order valence-electron chi connectivity index (χ4n) is 2.30. The zero-order valence-electron chi connectivity index (χ0n) is 14.4. The topological polar surface area (TPSA) is 74.2 Å². The van der Waals surface area contributed by atoms with Gasteiger partial charge in [-0.25, -0.2) is 4.79 Å². The van der Waals surface area contributed by atoms with Crippen LogP contribution >= 0.6 is 0 Å². The van der Waals surface area contributed by atoms with Gasteiger partial charge in [-0.1, -0.05) is 39.0 Å². The Kier molecular flexibility index (Phi) is 13.5. The molecule has 0 saturated heterocycles. The average Bonchev–Trinajstić information content (AvgIpc) is 2.53. The number of carbonyl (C=O) groups is 1. The molecule has 6 nitrogen and oxygen atoms in total. The Bertz CT molecular complexity index is 271. The lowest BCUT2D eigenvalue weighted by Crippen LogP contribution is -2.41. The van der Waals surface area contributed by atoms with Gasteiger partial charge in [-0.3, -0.25) is 0 Å². The van der Waals surface area contributed by atoms with Crippen molar-refractivity contribution in [3.63, 3.8) is 0 Å². The van der Waals surface area contributed by atoms with Gasteiger partial charge in [0, 0.05) is 20.6 Å². The van der Waals surface area contributed by atoms with E-state index < -0.39 is 24.3 Å². The number of carbonyl (C=O) groups excluding carboxylic acids is 1. The highest BCUT2D eigenvalue weighted by molar-refractivity contribution is 5.75. The largest absolute Gasteiger partial charge is 0.467 e. The van der Waals surface area contributed by atoms with Crippen LogP contribution < -0.4 is 0 Å². The summed E-state index contributed by atoms with van der Waals surface area (Å²) >= 11 is 0. The van der Waals surface area contributed by atoms with Crippen LogP contribution in [0.2, 0.25) is 0 Å². The highest BCUT2D eigenvalue weighted by Crippen LogP contribution is 2.16. The fraction of sp³-hybridized carbons (Fsp3) is 0.938. The molecule has 0 unspecified atom stereocenters. The van der Waals surface area contributed by atoms with Gasteiger partial charge in [-0.15, -0.1) is 0 Å². The van der Waals surface area contributed by atoms with E-state index in [2.05, 4.69) is 6.92 Å². The van der Waals surface area contributed by atoms with Crippen LogP contribution in [0.1, 0.15) is 51.9 Å². The van der Waals surface area contributed by atoms with Crippen molar-refractivity contribution in [1.82, 2.24) is 0 Å². The van der Waals surface area contributed by atoms with E-state index in [4.69, 9.17) is 18.9 Å². The summed E-state index contributed by atoms with van der Waals surface area (Å²) in [7, 11) is 4.26. The molecule has 0 rings (SSSR count). The van der Waals surface area contributed by atoms with Gasteiger partial charge >= 0.3 is 5.97 Å². The minimum atomic E-state index is -0.898. The van der Waals surface area contributed by atoms with Crippen LogP contribution in [-0.2, 0) is 23.7 Å². The lowest BCUT2D eigenvalue weighted by atomic mass is 10.0. The molecule has 0 bridgehead atoms. The van der Waals surface area contributed by atoms with Crippen molar-refractivity contribution in [2.75, 3.05) is 28.1 Å². The second-order valence-corrected chi connectivity index (χ2v) is 5.38. The monoisotopic (exact) mass is 320 g/mol. The summed E-state index contributed by atoms with van der Waals surface area (Å²) in [4.78, 5) is 11.8. The Hall–Kier alpha value is -0.690. The van der Waals surface area contributed by atoms with Crippen LogP contribution in [0.3, 0.4) is 0 Å². The molecule has 0 amide bonds. The molecule has 6 heteroatoms. The Morgan fingerprint density at radius 2 is 1.77 bits per heavy atom. The van der Waals surface area contributed by atoms with E-state index in [0.29, 0.717) is 12.8 Å². The summed E-state index contributed by atoms with van der Waals surface area (Å²) in [6, 6.07) is 0. The third-order valence-electron chi connectivity index (χ3n) is 3.58. The van der Waals surface area contributed by atoms with Gasteiger partial charge in [0.15, 0.2) is 6.10 Å². The van der Waals surface area contributed by atoms with Crippen molar-refractivity contribution in [2.24, 2.45) is 0 Å². The van der Waals surface area contributed by atoms with Crippen LogP contribution in [0.15, 0.2) is 0 Å². The first-order valence-corrected chi connectivity index (χ1v) is 7.99. The van der Waals surface area contributed by atoms with Gasteiger partial charge in [0.25, 0.3) is 0 Å². The number of esters is 1. The van der Waals surface area contributed by atoms with E-state index in [-0.39, 0.29) is 6.79 Å². The minimum Gasteiger partial charge on any atom is -0.467 e. The molecule has 0 radical (unpaired) electrons. The molecule has 0 heterocycles. The predicted octanol–water partition coefficient (Wildman–Crippen LogP) is 2.28. The molecule has 0 aliphatic carbocycles. The lowest BCUT2D eigenvalue weighted by molar-refractivity contribution is -0.178. The highest BCUT2D eigenvalue weighted by atomic mass is 16.7. The van der Waals surface area contributed by atoms with E-state index >= 15 is 0 Å². The maximum atomic E-state index is 11.8. The molecule has 0 aromatic rings. The molecule has 1 N–H and O–H groups in total. The van der Waals surface area contributed by atoms with Crippen molar-refractivity contribution >= 4 is 5.97 Å². The molecule has 0 aliphatic rings. The number of rotatable bonds is 14. The zero-order valence-corrected chi connectivity index (χ0v) is 14.4. The molecule has 0 fully saturated rings. The predicted molar refractivity (Wildman–Crippen MR) is 83.6 cm³/mol. The normalized spacial score (nSPS) is 15.3. The molecule has 22 heavy (non-hydrogen) atoms. The molecule has 0 aliphatic heterocycles. The average molecular weight is 320 g/mol. The highest BCUT2D eigenvalue weighted by Gasteiger charge is 2.32. The standard InChI is InChI=1S/C16H32O6/c1-5-6-7-8-9-10-13(17)11-14(20-3)15(16(18)21-4)22-12-19-2/h13-15,17H,5-12H2,1-4H3/t13-,14+,15-/m0/s1. The van der Waals surface area contributed by atoms with Crippen molar-refractivity contribution in [3.05, 3.63) is 0 Å². The smallest absolute Gasteiger partial charge is 0.337 e. The van der Waals surface area contributed by atoms with Gasteiger partial charge in [0.1, 0.15) is 6.79 Å². The van der Waals surface area contributed by atoms with Crippen LogP contribution in [0.25, 0.3) is 0 Å². The second-order valence-electron chi connectivity index (χ2n) is 5.38. The Morgan fingerprint density at radius 1 is 1.09 bits per heavy atom. The summed E-state index contributed by atoms with van der Waals surface area (Å²) in [6.45, 7) is 2.14. The van der Waals surface area contributed by atoms with Crippen LogP contribution in [-0.4, -0.2) is 57.5 Å². The number of aliphatic hydroxyl groups excluding tert-OH is 1. The summed E-state index contributed by atoms with van der Waals surface area (Å²) in [5.74, 6) is -0.529. The molecule has 0 saturated carbocycles. The first-order valence-electron chi connectivity index (χ1n) is 7.99. The third kappa shape index (κ3) is 9.35. The number of unbranched alkanes of at least 4 members (excludes halogenated alkanes) is 4. The lowest BCUT2D eigenvalue weighted by Gasteiger charge is -2.25. The van der Waals surface area contributed by atoms with Gasteiger partial charge in [0.05, 0.1) is 19.3 Å². The number of methoxy groups -OCH3 is 3. The van der Waals surface area contributed by atoms with E-state index in [1.165, 1.54) is 40.6 Å². The number of hydrogen-bond acceptors (Lipinski definition) is 6. The second kappa shape index (κ2) is 13.9. The number of ether oxygens (including phenoxy) is 4. The Labute approximate surface area is 134 Å². The molecule has 0 aromatic heterocycles. The minimum absolute atomic E-state index is 0.0350. The number of aliphatic hydroxyl groups is 1. The van der Waals surface area contributed by atoms with E-state index in [0.717, 1.165) is 12.8 Å². The quantitative estimate of drug-likeness (QED) is 0.301. The van der Waals surface area contributed by atoms with Crippen molar-refractivity contribution < 1.29 is 28.8 Å². The van der Waals surface area contributed by atoms with E-state index in [1.807, 2.05) is 0 Å². The fourth-order valence-corrected chi connectivity index (χ4v) is 2.30. The molecule has 0 aromatic carbocycles. The Balaban J connectivity index is 4.29. The summed E-state index contributed by atoms with van der Waals surface area (Å²) in [6.07, 6.45) is 4.75. The molecule has 0 spiro atoms. The van der Waals surface area contributed by atoms with Gasteiger partial charge < -0.3 is 24.1 Å². The SMILES string of the molecule is CCCCCCC[C@H](O)C[C@@H](OC)[C@H](OCOC)C(=O)OC.